The van der Waals surface area contributed by atoms with E-state index in [1.165, 1.54) is 28.8 Å². The van der Waals surface area contributed by atoms with Crippen molar-refractivity contribution in [1.29, 1.82) is 0 Å². The molecule has 1 saturated heterocycles. The largest absolute Gasteiger partial charge is 0.508 e. The zero-order valence-corrected chi connectivity index (χ0v) is 20.7. The summed E-state index contributed by atoms with van der Waals surface area (Å²) >= 11 is 1.76. The van der Waals surface area contributed by atoms with Gasteiger partial charge in [0.05, 0.1) is 12.2 Å². The van der Waals surface area contributed by atoms with Gasteiger partial charge in [-0.3, -0.25) is 9.59 Å². The van der Waals surface area contributed by atoms with E-state index in [1.54, 1.807) is 17.4 Å². The fourth-order valence-electron chi connectivity index (χ4n) is 4.53. The Morgan fingerprint density at radius 3 is 2.62 bits per heavy atom. The van der Waals surface area contributed by atoms with Gasteiger partial charge in [-0.15, -0.1) is 11.3 Å². The van der Waals surface area contributed by atoms with Crippen LogP contribution in [0, 0.1) is 12.8 Å². The molecular formula is C27H30O6S. The molecule has 1 fully saturated rings. The van der Waals surface area contributed by atoms with Crippen molar-refractivity contribution in [2.75, 3.05) is 6.61 Å². The summed E-state index contributed by atoms with van der Waals surface area (Å²) in [6, 6.07) is 14.3. The second kappa shape index (κ2) is 10.2. The number of phenolic OH excluding ortho intramolecular Hbond substituents is 1. The molecular weight excluding hydrogens is 452 g/mol. The first kappa shape index (κ1) is 24.2. The summed E-state index contributed by atoms with van der Waals surface area (Å²) in [5, 5.41) is 12.0. The molecule has 1 aromatic heterocycles. The quantitative estimate of drug-likeness (QED) is 0.470. The van der Waals surface area contributed by atoms with Crippen LogP contribution in [0.2, 0.25) is 0 Å². The molecule has 3 aromatic rings. The van der Waals surface area contributed by atoms with Gasteiger partial charge in [-0.05, 0) is 47.7 Å². The number of rotatable bonds is 6. The van der Waals surface area contributed by atoms with E-state index in [4.69, 9.17) is 14.2 Å². The third-order valence-corrected chi connectivity index (χ3v) is 7.52. The molecule has 0 bridgehead atoms. The van der Waals surface area contributed by atoms with Gasteiger partial charge in [0.25, 0.3) is 0 Å². The molecule has 6 nitrogen and oxygen atoms in total. The Kier molecular flexibility index (Phi) is 7.24. The number of hydrogen-bond donors (Lipinski definition) is 1. The first-order chi connectivity index (χ1) is 16.2. The van der Waals surface area contributed by atoms with Crippen molar-refractivity contribution in [2.24, 2.45) is 5.92 Å². The Hall–Kier alpha value is -2.90. The van der Waals surface area contributed by atoms with Gasteiger partial charge < -0.3 is 19.3 Å². The monoisotopic (exact) mass is 482 g/mol. The van der Waals surface area contributed by atoms with Crippen molar-refractivity contribution in [1.82, 2.24) is 0 Å². The number of hydrogen-bond acceptors (Lipinski definition) is 7. The second-order valence-electron chi connectivity index (χ2n) is 8.97. The maximum absolute atomic E-state index is 11.7. The molecule has 34 heavy (non-hydrogen) atoms. The van der Waals surface area contributed by atoms with Crippen LogP contribution < -0.4 is 0 Å². The summed E-state index contributed by atoms with van der Waals surface area (Å²) in [5.74, 6) is -0.789. The minimum atomic E-state index is -0.497. The smallest absolute Gasteiger partial charge is 0.302 e. The Bertz CT molecular complexity index is 1170. The third-order valence-electron chi connectivity index (χ3n) is 6.40. The lowest BCUT2D eigenvalue weighted by atomic mass is 9.86. The Morgan fingerprint density at radius 1 is 1.15 bits per heavy atom. The molecule has 0 unspecified atom stereocenters. The molecule has 2 aromatic carbocycles. The zero-order chi connectivity index (χ0) is 24.4. The van der Waals surface area contributed by atoms with Crippen molar-refractivity contribution in [3.63, 3.8) is 0 Å². The molecule has 1 aliphatic heterocycles. The highest BCUT2D eigenvalue weighted by molar-refractivity contribution is 7.19. The first-order valence-electron chi connectivity index (χ1n) is 11.5. The van der Waals surface area contributed by atoms with Crippen molar-refractivity contribution < 1.29 is 28.9 Å². The summed E-state index contributed by atoms with van der Waals surface area (Å²) in [7, 11) is 0. The summed E-state index contributed by atoms with van der Waals surface area (Å²) in [6.07, 6.45) is -0.215. The maximum Gasteiger partial charge on any atom is 0.302 e. The molecule has 1 N–H and O–H groups in total. The molecule has 0 radical (unpaired) electrons. The number of carbonyl (C=O) groups is 2. The van der Waals surface area contributed by atoms with Crippen LogP contribution in [0.4, 0.5) is 0 Å². The number of aromatic hydroxyl groups is 1. The van der Waals surface area contributed by atoms with Crippen LogP contribution >= 0.6 is 11.3 Å². The average Bonchev–Trinajstić information content (AvgIpc) is 3.18. The number of esters is 2. The van der Waals surface area contributed by atoms with E-state index in [2.05, 4.69) is 18.2 Å². The average molecular weight is 483 g/mol. The van der Waals surface area contributed by atoms with Crippen LogP contribution in [-0.2, 0) is 30.2 Å². The van der Waals surface area contributed by atoms with Gasteiger partial charge in [0.2, 0.25) is 0 Å². The molecule has 7 heteroatoms. The Morgan fingerprint density at radius 2 is 1.91 bits per heavy atom. The van der Waals surface area contributed by atoms with Gasteiger partial charge in [0.15, 0.2) is 0 Å². The van der Waals surface area contributed by atoms with Gasteiger partial charge >= 0.3 is 11.9 Å². The van der Waals surface area contributed by atoms with E-state index in [0.29, 0.717) is 12.0 Å². The van der Waals surface area contributed by atoms with Gasteiger partial charge in [-0.1, -0.05) is 25.1 Å². The van der Waals surface area contributed by atoms with Crippen molar-refractivity contribution in [3.8, 4) is 5.75 Å². The fraction of sp³-hybridized carbons (Fsp3) is 0.407. The van der Waals surface area contributed by atoms with Gasteiger partial charge in [0, 0.05) is 47.7 Å². The molecule has 4 rings (SSSR count). The minimum Gasteiger partial charge on any atom is -0.508 e. The van der Waals surface area contributed by atoms with Crippen LogP contribution in [0.15, 0.2) is 42.5 Å². The highest BCUT2D eigenvalue weighted by Gasteiger charge is 2.40. The van der Waals surface area contributed by atoms with Crippen LogP contribution in [0.1, 0.15) is 54.9 Å². The minimum absolute atomic E-state index is 0.0615. The lowest BCUT2D eigenvalue weighted by molar-refractivity contribution is -0.184. The number of carbonyl (C=O) groups excluding carboxylic acids is 2. The van der Waals surface area contributed by atoms with Crippen molar-refractivity contribution in [3.05, 3.63) is 64.0 Å². The first-order valence-corrected chi connectivity index (χ1v) is 12.3. The van der Waals surface area contributed by atoms with E-state index in [9.17, 15) is 14.7 Å². The summed E-state index contributed by atoms with van der Waals surface area (Å²) < 4.78 is 18.3. The normalized spacial score (nSPS) is 22.5. The molecule has 0 spiro atoms. The third kappa shape index (κ3) is 5.42. The number of aryl methyl sites for hydroxylation is 1. The fourth-order valence-corrected chi connectivity index (χ4v) is 5.62. The predicted molar refractivity (Wildman–Crippen MR) is 131 cm³/mol. The highest BCUT2D eigenvalue weighted by Crippen LogP contribution is 2.41. The Labute approximate surface area is 203 Å². The van der Waals surface area contributed by atoms with Crippen LogP contribution in [0.5, 0.6) is 5.75 Å². The van der Waals surface area contributed by atoms with Crippen LogP contribution in [0.3, 0.4) is 0 Å². The molecule has 2 heterocycles. The maximum atomic E-state index is 11.7. The zero-order valence-electron chi connectivity index (χ0n) is 19.9. The van der Waals surface area contributed by atoms with Gasteiger partial charge in [-0.25, -0.2) is 0 Å². The van der Waals surface area contributed by atoms with Crippen LogP contribution in [0.25, 0.3) is 10.1 Å². The number of fused-ring (bicyclic) bond motifs is 1. The van der Waals surface area contributed by atoms with E-state index < -0.39 is 24.3 Å². The molecule has 0 aliphatic carbocycles. The number of ether oxygens (including phenoxy) is 3. The summed E-state index contributed by atoms with van der Waals surface area (Å²) in [6.45, 7) is 6.69. The lowest BCUT2D eigenvalue weighted by Gasteiger charge is -2.40. The molecule has 0 saturated carbocycles. The van der Waals surface area contributed by atoms with E-state index in [-0.39, 0.29) is 24.2 Å². The van der Waals surface area contributed by atoms with Gasteiger partial charge in [-0.2, -0.15) is 0 Å². The molecule has 180 valence electrons. The van der Waals surface area contributed by atoms with E-state index >= 15 is 0 Å². The molecule has 4 atom stereocenters. The predicted octanol–water partition coefficient (Wildman–Crippen LogP) is 5.47. The number of thiophene rings is 1. The Balaban J connectivity index is 1.63. The molecule has 0 amide bonds. The van der Waals surface area contributed by atoms with Crippen molar-refractivity contribution >= 4 is 33.4 Å². The molecule has 1 aliphatic rings. The topological polar surface area (TPSA) is 82.1 Å². The van der Waals surface area contributed by atoms with Crippen LogP contribution in [-0.4, -0.2) is 35.9 Å². The SMILES string of the molecule is CC(=O)OC[C@H]1O[C@@H](c2cc(Cc3cc4ccccc4s3)c(C)cc2O)C[C@@H](OC(C)=O)[C@@H]1C. The summed E-state index contributed by atoms with van der Waals surface area (Å²) in [5.41, 5.74) is 2.75. The van der Waals surface area contributed by atoms with E-state index in [0.717, 1.165) is 17.5 Å². The van der Waals surface area contributed by atoms with Gasteiger partial charge in [0.1, 0.15) is 18.5 Å². The standard InChI is InChI=1S/C27H30O6S/c1-15-9-23(30)22(12-20(15)11-21-10-19-7-5-6-8-27(19)34-21)25-13-24(32-18(4)29)16(2)26(33-25)14-31-17(3)28/h5-10,12,16,24-26,30H,11,13-14H2,1-4H3/t16-,24+,25+,26+/m0/s1. The highest BCUT2D eigenvalue weighted by atomic mass is 32.1. The number of phenols is 1. The second-order valence-corrected chi connectivity index (χ2v) is 10.1. The lowest BCUT2D eigenvalue weighted by Crippen LogP contribution is -2.44. The van der Waals surface area contributed by atoms with E-state index in [1.807, 2.05) is 32.0 Å². The number of benzene rings is 2. The summed E-state index contributed by atoms with van der Waals surface area (Å²) in [4.78, 5) is 24.3. The van der Waals surface area contributed by atoms with Crippen molar-refractivity contribution in [2.45, 2.75) is 58.8 Å².